The number of esters is 1. The van der Waals surface area contributed by atoms with E-state index in [1.54, 1.807) is 6.08 Å². The van der Waals surface area contributed by atoms with Crippen LogP contribution in [0.4, 0.5) is 0 Å². The van der Waals surface area contributed by atoms with Gasteiger partial charge in [0.05, 0.1) is 0 Å². The smallest absolute Gasteiger partial charge is 0.306 e. The van der Waals surface area contributed by atoms with Crippen LogP contribution in [0, 0.1) is 40.4 Å². The monoisotopic (exact) mass is 414 g/mol. The number of fused-ring (bicyclic) bond motifs is 9. The van der Waals surface area contributed by atoms with Crippen molar-refractivity contribution in [3.05, 3.63) is 23.8 Å². The Kier molecular flexibility index (Phi) is 3.53. The van der Waals surface area contributed by atoms with E-state index >= 15 is 0 Å². The fourth-order valence-electron chi connectivity index (χ4n) is 8.83. The first-order valence-electron chi connectivity index (χ1n) is 11.2. The van der Waals surface area contributed by atoms with E-state index in [2.05, 4.69) is 19.9 Å². The number of ether oxygens (including phenoxy) is 1. The molecule has 1 unspecified atom stereocenters. The number of hydrogen-bond donors (Lipinski definition) is 0. The number of allylic oxidation sites excluding steroid dienone is 4. The Morgan fingerprint density at radius 2 is 1.97 bits per heavy atom. The van der Waals surface area contributed by atoms with Gasteiger partial charge in [-0.05, 0) is 67.9 Å². The highest BCUT2D eigenvalue weighted by atomic mass is 32.2. The van der Waals surface area contributed by atoms with E-state index in [9.17, 15) is 13.8 Å². The second-order valence-electron chi connectivity index (χ2n) is 11.0. The van der Waals surface area contributed by atoms with Crippen molar-refractivity contribution < 1.29 is 18.5 Å². The Bertz CT molecular complexity index is 920. The summed E-state index contributed by atoms with van der Waals surface area (Å²) in [5.41, 5.74) is 0.793. The number of carbonyl (C=O) groups is 2. The first-order valence-corrected chi connectivity index (χ1v) is 12.8. The molecule has 0 N–H and O–H groups in total. The van der Waals surface area contributed by atoms with E-state index in [1.807, 2.05) is 12.3 Å². The van der Waals surface area contributed by atoms with Gasteiger partial charge in [-0.25, -0.2) is 0 Å². The van der Waals surface area contributed by atoms with Crippen LogP contribution in [0.25, 0.3) is 0 Å². The molecule has 1 heterocycles. The molecule has 0 amide bonds. The minimum atomic E-state index is -0.943. The summed E-state index contributed by atoms with van der Waals surface area (Å²) in [5, 5.41) is 0.0942. The Morgan fingerprint density at radius 1 is 1.17 bits per heavy atom. The number of carbonyl (C=O) groups excluding carboxylic acids is 2. The first-order chi connectivity index (χ1) is 13.7. The van der Waals surface area contributed by atoms with E-state index in [0.717, 1.165) is 32.1 Å². The molecule has 5 heteroatoms. The molecule has 0 radical (unpaired) electrons. The van der Waals surface area contributed by atoms with Crippen LogP contribution < -0.4 is 0 Å². The number of ketones is 1. The predicted molar refractivity (Wildman–Crippen MR) is 110 cm³/mol. The lowest BCUT2D eigenvalue weighted by molar-refractivity contribution is -0.174. The summed E-state index contributed by atoms with van der Waals surface area (Å²) in [6, 6.07) is 0. The SMILES string of the molecule is CS(=O)[C@@H]1CC2=CC(=O)C=C[C@]2(C)[C@H]2CC[C@@]3(C)[C@@H]([C@@H]4C[C@@H]4[C@@]34CCC(=O)O4)[C@H]12. The highest BCUT2D eigenvalue weighted by Gasteiger charge is 2.79. The third-order valence-electron chi connectivity index (χ3n) is 10.1. The average Bonchev–Trinajstić information content (AvgIpc) is 3.30. The second-order valence-corrected chi connectivity index (χ2v) is 12.6. The summed E-state index contributed by atoms with van der Waals surface area (Å²) >= 11 is 0. The van der Waals surface area contributed by atoms with Gasteiger partial charge in [0.2, 0.25) is 0 Å². The molecule has 0 aromatic heterocycles. The Morgan fingerprint density at radius 3 is 2.66 bits per heavy atom. The van der Waals surface area contributed by atoms with Gasteiger partial charge in [-0.3, -0.25) is 13.8 Å². The molecule has 0 aromatic carbocycles. The molecule has 29 heavy (non-hydrogen) atoms. The molecular formula is C24H30O4S. The third-order valence-corrected chi connectivity index (χ3v) is 11.4. The molecule has 156 valence electrons. The third kappa shape index (κ3) is 2.08. The Balaban J connectivity index is 1.47. The van der Waals surface area contributed by atoms with Gasteiger partial charge >= 0.3 is 5.97 Å². The van der Waals surface area contributed by atoms with E-state index < -0.39 is 10.8 Å². The summed E-state index contributed by atoms with van der Waals surface area (Å²) in [6.45, 7) is 4.67. The predicted octanol–water partition coefficient (Wildman–Crippen LogP) is 3.58. The van der Waals surface area contributed by atoms with E-state index in [0.29, 0.717) is 36.0 Å². The molecule has 10 atom stereocenters. The number of hydrogen-bond acceptors (Lipinski definition) is 4. The highest BCUT2D eigenvalue weighted by Crippen LogP contribution is 2.79. The van der Waals surface area contributed by atoms with Crippen molar-refractivity contribution in [3.63, 3.8) is 0 Å². The van der Waals surface area contributed by atoms with Crippen LogP contribution in [0.3, 0.4) is 0 Å². The topological polar surface area (TPSA) is 60.4 Å². The van der Waals surface area contributed by atoms with Gasteiger partial charge in [-0.2, -0.15) is 0 Å². The van der Waals surface area contributed by atoms with Gasteiger partial charge < -0.3 is 4.74 Å². The fraction of sp³-hybridized carbons (Fsp3) is 0.750. The largest absolute Gasteiger partial charge is 0.458 e. The zero-order valence-electron chi connectivity index (χ0n) is 17.5. The maximum atomic E-state index is 13.0. The summed E-state index contributed by atoms with van der Waals surface area (Å²) in [6.07, 6.45) is 13.0. The molecular weight excluding hydrogens is 384 g/mol. The van der Waals surface area contributed by atoms with E-state index in [1.165, 1.54) is 5.57 Å². The van der Waals surface area contributed by atoms with Crippen molar-refractivity contribution in [1.82, 2.24) is 0 Å². The van der Waals surface area contributed by atoms with Crippen molar-refractivity contribution in [2.75, 3.05) is 6.26 Å². The molecule has 4 nitrogen and oxygen atoms in total. The molecule has 1 saturated heterocycles. The summed E-state index contributed by atoms with van der Waals surface area (Å²) in [4.78, 5) is 24.3. The minimum Gasteiger partial charge on any atom is -0.458 e. The fourth-order valence-corrected chi connectivity index (χ4v) is 10.0. The molecule has 6 rings (SSSR count). The van der Waals surface area contributed by atoms with Crippen LogP contribution >= 0.6 is 0 Å². The van der Waals surface area contributed by atoms with Crippen molar-refractivity contribution in [3.8, 4) is 0 Å². The molecule has 6 aliphatic rings. The maximum Gasteiger partial charge on any atom is 0.306 e. The zero-order chi connectivity index (χ0) is 20.3. The van der Waals surface area contributed by atoms with Crippen molar-refractivity contribution >= 4 is 22.6 Å². The van der Waals surface area contributed by atoms with Gasteiger partial charge in [-0.1, -0.05) is 25.5 Å². The van der Waals surface area contributed by atoms with E-state index in [4.69, 9.17) is 4.74 Å². The maximum absolute atomic E-state index is 13.0. The van der Waals surface area contributed by atoms with Crippen LogP contribution in [0.15, 0.2) is 23.8 Å². The first kappa shape index (κ1) is 18.5. The minimum absolute atomic E-state index is 0.00267. The lowest BCUT2D eigenvalue weighted by atomic mass is 9.46. The van der Waals surface area contributed by atoms with Gasteiger partial charge in [0.25, 0.3) is 0 Å². The van der Waals surface area contributed by atoms with Crippen LogP contribution in [-0.4, -0.2) is 33.1 Å². The Labute approximate surface area is 175 Å². The molecule has 5 aliphatic carbocycles. The van der Waals surface area contributed by atoms with E-state index in [-0.39, 0.29) is 33.4 Å². The van der Waals surface area contributed by atoms with Gasteiger partial charge in [0, 0.05) is 45.5 Å². The van der Waals surface area contributed by atoms with Gasteiger partial charge in [0.15, 0.2) is 5.78 Å². The molecule has 0 aromatic rings. The standard InChI is InChI=1S/C24H30O4S/c1-22-7-4-14(25)10-13(22)11-18(29(3)27)20-16(22)5-8-23(2)21(20)15-12-17(15)24(23)9-6-19(26)28-24/h4,7,10,15-18,20-21H,5-6,8-9,11-12H2,1-3H3/t15-,16+,17+,18-,20+,21+,22+,23+,24+,29?/m1/s1. The highest BCUT2D eigenvalue weighted by molar-refractivity contribution is 7.84. The molecule has 1 spiro atoms. The van der Waals surface area contributed by atoms with Crippen LogP contribution in [0.1, 0.15) is 52.4 Å². The van der Waals surface area contributed by atoms with Gasteiger partial charge in [0.1, 0.15) is 5.60 Å². The average molecular weight is 415 g/mol. The molecule has 0 bridgehead atoms. The van der Waals surface area contributed by atoms with Crippen molar-refractivity contribution in [2.24, 2.45) is 40.4 Å². The summed E-state index contributed by atoms with van der Waals surface area (Å²) < 4.78 is 19.2. The van der Waals surface area contributed by atoms with Crippen molar-refractivity contribution in [1.29, 1.82) is 0 Å². The lowest BCUT2D eigenvalue weighted by Crippen LogP contribution is -2.60. The second kappa shape index (κ2) is 5.52. The van der Waals surface area contributed by atoms with Crippen molar-refractivity contribution in [2.45, 2.75) is 63.2 Å². The quantitative estimate of drug-likeness (QED) is 0.616. The Hall–Kier alpha value is -1.23. The lowest BCUT2D eigenvalue weighted by Gasteiger charge is -2.61. The normalized spacial score (nSPS) is 55.5. The van der Waals surface area contributed by atoms with Crippen LogP contribution in [0.5, 0.6) is 0 Å². The van der Waals surface area contributed by atoms with Crippen LogP contribution in [-0.2, 0) is 25.1 Å². The molecule has 4 saturated carbocycles. The number of rotatable bonds is 1. The van der Waals surface area contributed by atoms with Crippen LogP contribution in [0.2, 0.25) is 0 Å². The van der Waals surface area contributed by atoms with Gasteiger partial charge in [-0.15, -0.1) is 0 Å². The zero-order valence-corrected chi connectivity index (χ0v) is 18.3. The molecule has 5 fully saturated rings. The summed E-state index contributed by atoms with van der Waals surface area (Å²) in [7, 11) is -0.943. The summed E-state index contributed by atoms with van der Waals surface area (Å²) in [5.74, 6) is 2.40. The molecule has 1 aliphatic heterocycles.